The summed E-state index contributed by atoms with van der Waals surface area (Å²) >= 11 is 1.61. The van der Waals surface area contributed by atoms with Gasteiger partial charge < -0.3 is 14.5 Å². The van der Waals surface area contributed by atoms with Crippen molar-refractivity contribution in [1.29, 1.82) is 0 Å². The van der Waals surface area contributed by atoms with Gasteiger partial charge in [0.1, 0.15) is 18.4 Å². The predicted molar refractivity (Wildman–Crippen MR) is 121 cm³/mol. The van der Waals surface area contributed by atoms with Crippen molar-refractivity contribution in [2.45, 2.75) is 83.5 Å². The van der Waals surface area contributed by atoms with Crippen LogP contribution in [0.25, 0.3) is 0 Å². The van der Waals surface area contributed by atoms with E-state index in [0.717, 1.165) is 12.2 Å². The van der Waals surface area contributed by atoms with E-state index < -0.39 is 6.04 Å². The van der Waals surface area contributed by atoms with Crippen molar-refractivity contribution in [3.05, 3.63) is 24.2 Å². The lowest BCUT2D eigenvalue weighted by Crippen LogP contribution is -2.47. The number of ketones is 1. The van der Waals surface area contributed by atoms with Crippen LogP contribution in [0.1, 0.15) is 66.1 Å². The molecule has 1 aromatic rings. The van der Waals surface area contributed by atoms with Gasteiger partial charge in [0.15, 0.2) is 5.78 Å². The van der Waals surface area contributed by atoms with Crippen LogP contribution in [0.3, 0.4) is 0 Å². The molecule has 5 nitrogen and oxygen atoms in total. The molecule has 0 radical (unpaired) electrons. The molecule has 1 aliphatic carbocycles. The highest BCUT2D eigenvalue weighted by Gasteiger charge is 2.36. The predicted octanol–water partition coefficient (Wildman–Crippen LogP) is 4.71. The van der Waals surface area contributed by atoms with Crippen LogP contribution in [0.2, 0.25) is 0 Å². The van der Waals surface area contributed by atoms with Gasteiger partial charge in [-0.2, -0.15) is 13.5 Å². The van der Waals surface area contributed by atoms with Crippen molar-refractivity contribution in [2.75, 3.05) is 6.61 Å². The summed E-state index contributed by atoms with van der Waals surface area (Å²) in [6.07, 6.45) is 8.50. The van der Waals surface area contributed by atoms with Gasteiger partial charge in [0, 0.05) is 0 Å². The zero-order valence-electron chi connectivity index (χ0n) is 15.2. The topological polar surface area (TPSA) is 68.5 Å². The molecule has 0 unspecified atom stereocenters. The quantitative estimate of drug-likeness (QED) is 0.677. The van der Waals surface area contributed by atoms with Gasteiger partial charge in [-0.1, -0.05) is 47.0 Å². The van der Waals surface area contributed by atoms with E-state index in [4.69, 9.17) is 9.15 Å². The lowest BCUT2D eigenvalue weighted by molar-refractivity contribution is -0.126. The molecule has 0 bridgehead atoms. The van der Waals surface area contributed by atoms with Gasteiger partial charge >= 0.3 is 0 Å². The molecule has 0 aromatic carbocycles. The van der Waals surface area contributed by atoms with Gasteiger partial charge in [-0.25, -0.2) is 0 Å². The van der Waals surface area contributed by atoms with Crippen LogP contribution in [-0.2, 0) is 20.1 Å². The maximum absolute atomic E-state index is 12.9. The summed E-state index contributed by atoms with van der Waals surface area (Å²) in [6, 6.07) is 3.28. The molecule has 1 aromatic heterocycles. The van der Waals surface area contributed by atoms with E-state index in [0.29, 0.717) is 11.7 Å². The van der Waals surface area contributed by atoms with Crippen molar-refractivity contribution in [3.8, 4) is 0 Å². The Balaban J connectivity index is 0.00000243. The molecule has 1 aliphatic heterocycles. The van der Waals surface area contributed by atoms with Crippen molar-refractivity contribution >= 4 is 36.9 Å². The van der Waals surface area contributed by atoms with Gasteiger partial charge in [-0.15, -0.1) is 11.8 Å². The smallest absolute Gasteiger partial charge is 0.233 e. The molecule has 28 heavy (non-hydrogen) atoms. The van der Waals surface area contributed by atoms with Gasteiger partial charge in [0.2, 0.25) is 5.91 Å². The van der Waals surface area contributed by atoms with E-state index in [1.54, 1.807) is 18.0 Å². The minimum absolute atomic E-state index is 0. The number of carbonyl (C=O) groups excluding carboxylic acids is 2. The molecule has 3 atom stereocenters. The molecule has 7 heteroatoms. The third-order valence-electron chi connectivity index (χ3n) is 5.17. The van der Waals surface area contributed by atoms with Crippen molar-refractivity contribution in [3.63, 3.8) is 0 Å². The van der Waals surface area contributed by atoms with Crippen molar-refractivity contribution < 1.29 is 18.7 Å². The molecular weight excluding hydrogens is 394 g/mol. The second-order valence-corrected chi connectivity index (χ2v) is 8.28. The minimum Gasteiger partial charge on any atom is -0.468 e. The van der Waals surface area contributed by atoms with Crippen LogP contribution in [0.15, 0.2) is 22.8 Å². The summed E-state index contributed by atoms with van der Waals surface area (Å²) in [5.41, 5.74) is 0. The number of hydrogen-bond acceptors (Lipinski definition) is 5. The van der Waals surface area contributed by atoms with Crippen LogP contribution in [0.5, 0.6) is 0 Å². The second kappa shape index (κ2) is 13.3. The second-order valence-electron chi connectivity index (χ2n) is 7.09. The Morgan fingerprint density at radius 2 is 2.00 bits per heavy atom. The Hall–Kier alpha value is -0.920. The molecule has 3 rings (SSSR count). The fourth-order valence-electron chi connectivity index (χ4n) is 3.66. The summed E-state index contributed by atoms with van der Waals surface area (Å²) < 4.78 is 10.7. The first kappa shape index (κ1) is 27.1. The highest BCUT2D eigenvalue weighted by atomic mass is 32.2. The summed E-state index contributed by atoms with van der Waals surface area (Å²) in [5.74, 6) is 2.07. The number of Topliss-reactive ketones (excluding diaryl/α,β-unsaturated/α-hetero) is 1. The first-order chi connectivity index (χ1) is 12.1. The number of rotatable bonds is 7. The third kappa shape index (κ3) is 7.48. The van der Waals surface area contributed by atoms with Crippen LogP contribution in [0, 0.1) is 5.92 Å². The van der Waals surface area contributed by atoms with Crippen LogP contribution in [-0.4, -0.2) is 35.7 Å². The van der Waals surface area contributed by atoms with E-state index in [9.17, 15) is 9.59 Å². The molecule has 2 aliphatic rings. The maximum atomic E-state index is 12.9. The Labute approximate surface area is 181 Å². The molecule has 1 saturated carbocycles. The van der Waals surface area contributed by atoms with Gasteiger partial charge in [-0.3, -0.25) is 9.59 Å². The molecule has 1 saturated heterocycles. The summed E-state index contributed by atoms with van der Waals surface area (Å²) in [6.45, 7) is 1.93. The highest BCUT2D eigenvalue weighted by Crippen LogP contribution is 2.32. The molecular formula is C21H37NO4S2. The zero-order valence-corrected chi connectivity index (χ0v) is 17.1. The number of hydrogen-bond donors (Lipinski definition) is 1. The SMILES string of the molecule is C.C.C[C@H]1OCC(=O)[C@H]1NC(=O)[C@@H](CC1CCCCC1)SCc1ccco1.S. The number of thioether (sulfide) groups is 1. The van der Waals surface area contributed by atoms with Crippen molar-refractivity contribution in [2.24, 2.45) is 5.92 Å². The lowest BCUT2D eigenvalue weighted by Gasteiger charge is -2.26. The first-order valence-corrected chi connectivity index (χ1v) is 10.3. The summed E-state index contributed by atoms with van der Waals surface area (Å²) in [4.78, 5) is 24.8. The van der Waals surface area contributed by atoms with Crippen LogP contribution >= 0.6 is 25.3 Å². The van der Waals surface area contributed by atoms with E-state index >= 15 is 0 Å². The Morgan fingerprint density at radius 3 is 2.57 bits per heavy atom. The average molecular weight is 432 g/mol. The Bertz CT molecular complexity index is 573. The molecule has 1 N–H and O–H groups in total. The van der Waals surface area contributed by atoms with Crippen molar-refractivity contribution in [1.82, 2.24) is 5.32 Å². The molecule has 2 heterocycles. The third-order valence-corrected chi connectivity index (χ3v) is 6.43. The zero-order chi connectivity index (χ0) is 17.6. The van der Waals surface area contributed by atoms with E-state index in [1.165, 1.54) is 32.1 Å². The van der Waals surface area contributed by atoms with E-state index in [-0.39, 0.29) is 58.0 Å². The van der Waals surface area contributed by atoms with Gasteiger partial charge in [0.25, 0.3) is 0 Å². The summed E-state index contributed by atoms with van der Waals surface area (Å²) in [7, 11) is 0. The van der Waals surface area contributed by atoms with E-state index in [2.05, 4.69) is 5.32 Å². The number of furan rings is 1. The summed E-state index contributed by atoms with van der Waals surface area (Å²) in [5, 5.41) is 2.77. The standard InChI is InChI=1S/C19H27NO4S.2CH4.H2S/c1-13-18(16(21)11-24-13)20-19(22)17(10-14-6-3-2-4-7-14)25-12-15-8-5-9-23-15;;;/h5,8-9,13-14,17-18H,2-4,6-7,10-12H2,1H3,(H,20,22);2*1H4;1H2/t13-,17-,18+;;;/m1.../s1. The Morgan fingerprint density at radius 1 is 1.29 bits per heavy atom. The minimum atomic E-state index is -0.509. The fourth-order valence-corrected chi connectivity index (χ4v) is 4.82. The number of amides is 1. The highest BCUT2D eigenvalue weighted by molar-refractivity contribution is 7.99. The largest absolute Gasteiger partial charge is 0.468 e. The number of nitrogens with one attached hydrogen (secondary N) is 1. The average Bonchev–Trinajstić information content (AvgIpc) is 3.24. The normalized spacial score (nSPS) is 23.1. The molecule has 1 amide bonds. The first-order valence-electron chi connectivity index (χ1n) is 9.22. The molecule has 0 spiro atoms. The maximum Gasteiger partial charge on any atom is 0.233 e. The fraction of sp³-hybridized carbons (Fsp3) is 0.714. The van der Waals surface area contributed by atoms with Gasteiger partial charge in [-0.05, 0) is 31.4 Å². The number of ether oxygens (including phenoxy) is 1. The Kier molecular flexibility index (Phi) is 12.9. The molecule has 2 fully saturated rings. The van der Waals surface area contributed by atoms with Crippen LogP contribution in [0.4, 0.5) is 0 Å². The van der Waals surface area contributed by atoms with Crippen LogP contribution < -0.4 is 5.32 Å². The number of carbonyl (C=O) groups is 2. The van der Waals surface area contributed by atoms with Gasteiger partial charge in [0.05, 0.1) is 23.4 Å². The lowest BCUT2D eigenvalue weighted by atomic mass is 9.86. The monoisotopic (exact) mass is 431 g/mol. The van der Waals surface area contributed by atoms with E-state index in [1.807, 2.05) is 19.1 Å². The molecule has 162 valence electrons.